The summed E-state index contributed by atoms with van der Waals surface area (Å²) in [4.78, 5) is 5.45. The number of hydrogen-bond acceptors (Lipinski definition) is 4. The van der Waals surface area contributed by atoms with Gasteiger partial charge in [0.05, 0.1) is 11.5 Å². The van der Waals surface area contributed by atoms with Gasteiger partial charge in [0.1, 0.15) is 0 Å². The second-order valence-corrected chi connectivity index (χ2v) is 6.14. The van der Waals surface area contributed by atoms with Gasteiger partial charge >= 0.3 is 0 Å². The van der Waals surface area contributed by atoms with Crippen LogP contribution in [0.3, 0.4) is 0 Å². The third kappa shape index (κ3) is 5.47. The minimum Gasteiger partial charge on any atom is -0.376 e. The first-order chi connectivity index (χ1) is 7.51. The summed E-state index contributed by atoms with van der Waals surface area (Å²) >= 11 is 1.67. The number of thiazole rings is 1. The van der Waals surface area contributed by atoms with Crippen LogP contribution in [0.1, 0.15) is 39.0 Å². The van der Waals surface area contributed by atoms with Crippen molar-refractivity contribution in [2.75, 3.05) is 18.5 Å². The molecule has 0 unspecified atom stereocenters. The van der Waals surface area contributed by atoms with E-state index in [1.54, 1.807) is 11.3 Å². The fourth-order valence-electron chi connectivity index (χ4n) is 1.16. The van der Waals surface area contributed by atoms with Crippen molar-refractivity contribution in [3.05, 3.63) is 11.1 Å². The molecule has 0 saturated heterocycles. The molecule has 0 radical (unpaired) electrons. The van der Waals surface area contributed by atoms with Crippen molar-refractivity contribution in [3.63, 3.8) is 0 Å². The van der Waals surface area contributed by atoms with Gasteiger partial charge < -0.3 is 10.1 Å². The van der Waals surface area contributed by atoms with Gasteiger partial charge in [-0.25, -0.2) is 4.98 Å². The lowest BCUT2D eigenvalue weighted by atomic mass is 9.93. The van der Waals surface area contributed by atoms with Gasteiger partial charge in [-0.05, 0) is 18.8 Å². The highest BCUT2D eigenvalue weighted by Crippen LogP contribution is 2.20. The molecule has 0 aromatic carbocycles. The molecule has 0 fully saturated rings. The van der Waals surface area contributed by atoms with Gasteiger partial charge in [0.15, 0.2) is 5.13 Å². The lowest BCUT2D eigenvalue weighted by molar-refractivity contribution is 0.0979. The molecule has 0 spiro atoms. The molecule has 1 heterocycles. The summed E-state index contributed by atoms with van der Waals surface area (Å²) in [6.45, 7) is 11.2. The second kappa shape index (κ2) is 6.21. The number of aromatic nitrogens is 1. The van der Waals surface area contributed by atoms with Gasteiger partial charge in [-0.3, -0.25) is 0 Å². The Morgan fingerprint density at radius 3 is 2.81 bits per heavy atom. The maximum Gasteiger partial charge on any atom is 0.182 e. The second-order valence-electron chi connectivity index (χ2n) is 5.03. The first kappa shape index (κ1) is 13.5. The Morgan fingerprint density at radius 2 is 2.19 bits per heavy atom. The van der Waals surface area contributed by atoms with Crippen molar-refractivity contribution in [2.45, 2.75) is 40.7 Å². The number of hydrogen-bond donors (Lipinski definition) is 1. The van der Waals surface area contributed by atoms with Gasteiger partial charge in [0.2, 0.25) is 0 Å². The maximum atomic E-state index is 5.63. The largest absolute Gasteiger partial charge is 0.376 e. The van der Waals surface area contributed by atoms with E-state index in [9.17, 15) is 0 Å². The third-order valence-electron chi connectivity index (χ3n) is 2.12. The fraction of sp³-hybridized carbons (Fsp3) is 0.750. The van der Waals surface area contributed by atoms with Crippen LogP contribution in [-0.2, 0) is 11.3 Å². The molecule has 16 heavy (non-hydrogen) atoms. The molecule has 1 aromatic rings. The molecule has 0 aliphatic carbocycles. The van der Waals surface area contributed by atoms with Gasteiger partial charge in [-0.2, -0.15) is 0 Å². The lowest BCUT2D eigenvalue weighted by Crippen LogP contribution is -2.09. The molecule has 0 saturated carbocycles. The number of nitrogens with zero attached hydrogens (tertiary/aromatic N) is 1. The molecule has 0 bridgehead atoms. The summed E-state index contributed by atoms with van der Waals surface area (Å²) in [5.74, 6) is 0. The van der Waals surface area contributed by atoms with Gasteiger partial charge in [-0.15, -0.1) is 0 Å². The average Bonchev–Trinajstić information content (AvgIpc) is 2.60. The fourth-order valence-corrected chi connectivity index (χ4v) is 1.98. The zero-order valence-corrected chi connectivity index (χ0v) is 11.5. The molecule has 92 valence electrons. The van der Waals surface area contributed by atoms with Crippen molar-refractivity contribution in [3.8, 4) is 0 Å². The minimum atomic E-state index is 0.350. The lowest BCUT2D eigenvalue weighted by Gasteiger charge is -2.17. The monoisotopic (exact) mass is 242 g/mol. The first-order valence-corrected chi connectivity index (χ1v) is 6.59. The number of rotatable bonds is 6. The number of anilines is 1. The minimum absolute atomic E-state index is 0.350. The molecule has 0 aliphatic rings. The zero-order chi connectivity index (χ0) is 12.0. The highest BCUT2D eigenvalue weighted by molar-refractivity contribution is 7.15. The molecule has 1 rings (SSSR count). The van der Waals surface area contributed by atoms with Crippen LogP contribution in [0.25, 0.3) is 0 Å². The van der Waals surface area contributed by atoms with Crippen LogP contribution in [0.15, 0.2) is 6.20 Å². The summed E-state index contributed by atoms with van der Waals surface area (Å²) < 4.78 is 5.63. The summed E-state index contributed by atoms with van der Waals surface area (Å²) in [5, 5.41) is 4.18. The van der Waals surface area contributed by atoms with Crippen LogP contribution in [-0.4, -0.2) is 18.1 Å². The van der Waals surface area contributed by atoms with Gasteiger partial charge in [0.25, 0.3) is 0 Å². The molecular formula is C12H22N2OS. The molecule has 0 atom stereocenters. The SMILES string of the molecule is CCNc1ncc(COCCC(C)(C)C)s1. The summed E-state index contributed by atoms with van der Waals surface area (Å²) in [6, 6.07) is 0. The average molecular weight is 242 g/mol. The van der Waals surface area contributed by atoms with Crippen molar-refractivity contribution in [1.29, 1.82) is 0 Å². The molecule has 3 nitrogen and oxygen atoms in total. The quantitative estimate of drug-likeness (QED) is 0.775. The molecule has 1 N–H and O–H groups in total. The van der Waals surface area contributed by atoms with E-state index in [1.165, 1.54) is 4.88 Å². The van der Waals surface area contributed by atoms with E-state index in [0.29, 0.717) is 12.0 Å². The van der Waals surface area contributed by atoms with Crippen LogP contribution in [0.2, 0.25) is 0 Å². The first-order valence-electron chi connectivity index (χ1n) is 5.77. The van der Waals surface area contributed by atoms with Crippen LogP contribution >= 0.6 is 11.3 Å². The standard InChI is InChI=1S/C12H22N2OS/c1-5-13-11-14-8-10(16-11)9-15-7-6-12(2,3)4/h8H,5-7,9H2,1-4H3,(H,13,14). The molecule has 1 aromatic heterocycles. The maximum absolute atomic E-state index is 5.63. The topological polar surface area (TPSA) is 34.2 Å². The van der Waals surface area contributed by atoms with E-state index in [-0.39, 0.29) is 0 Å². The number of ether oxygens (including phenoxy) is 1. The van der Waals surface area contributed by atoms with Crippen molar-refractivity contribution < 1.29 is 4.74 Å². The van der Waals surface area contributed by atoms with Crippen LogP contribution < -0.4 is 5.32 Å². The van der Waals surface area contributed by atoms with E-state index in [1.807, 2.05) is 6.20 Å². The van der Waals surface area contributed by atoms with Gasteiger partial charge in [0, 0.05) is 19.3 Å². The highest BCUT2D eigenvalue weighted by Gasteiger charge is 2.09. The normalized spacial score (nSPS) is 11.8. The van der Waals surface area contributed by atoms with E-state index < -0.39 is 0 Å². The van der Waals surface area contributed by atoms with Crippen LogP contribution in [0.4, 0.5) is 5.13 Å². The van der Waals surface area contributed by atoms with E-state index in [4.69, 9.17) is 4.74 Å². The molecule has 0 aliphatic heterocycles. The summed E-state index contributed by atoms with van der Waals surface area (Å²) in [5.41, 5.74) is 0.350. The molecule has 4 heteroatoms. The Bertz CT molecular complexity index is 304. The van der Waals surface area contributed by atoms with Crippen molar-refractivity contribution in [2.24, 2.45) is 5.41 Å². The Labute approximate surface area is 102 Å². The van der Waals surface area contributed by atoms with E-state index in [0.717, 1.165) is 24.7 Å². The van der Waals surface area contributed by atoms with Crippen LogP contribution in [0.5, 0.6) is 0 Å². The zero-order valence-electron chi connectivity index (χ0n) is 10.7. The third-order valence-corrected chi connectivity index (χ3v) is 3.05. The van der Waals surface area contributed by atoms with Crippen molar-refractivity contribution in [1.82, 2.24) is 4.98 Å². The summed E-state index contributed by atoms with van der Waals surface area (Å²) in [6.07, 6.45) is 2.98. The predicted octanol–water partition coefficient (Wildman–Crippen LogP) is 3.53. The molecule has 0 amide bonds. The Morgan fingerprint density at radius 1 is 1.44 bits per heavy atom. The van der Waals surface area contributed by atoms with Crippen molar-refractivity contribution >= 4 is 16.5 Å². The van der Waals surface area contributed by atoms with E-state index in [2.05, 4.69) is 38.0 Å². The Balaban J connectivity index is 2.21. The Hall–Kier alpha value is -0.610. The highest BCUT2D eigenvalue weighted by atomic mass is 32.1. The van der Waals surface area contributed by atoms with Crippen LogP contribution in [0, 0.1) is 5.41 Å². The predicted molar refractivity (Wildman–Crippen MR) is 70.0 cm³/mol. The Kier molecular flexibility index (Phi) is 5.22. The van der Waals surface area contributed by atoms with Gasteiger partial charge in [-0.1, -0.05) is 32.1 Å². The smallest absolute Gasteiger partial charge is 0.182 e. The number of nitrogens with one attached hydrogen (secondary N) is 1. The van der Waals surface area contributed by atoms with E-state index >= 15 is 0 Å². The molecular weight excluding hydrogens is 220 g/mol. The summed E-state index contributed by atoms with van der Waals surface area (Å²) in [7, 11) is 0.